The van der Waals surface area contributed by atoms with Gasteiger partial charge in [0.25, 0.3) is 5.91 Å². The van der Waals surface area contributed by atoms with Crippen molar-refractivity contribution in [3.05, 3.63) is 59.4 Å². The zero-order valence-corrected chi connectivity index (χ0v) is 13.0. The van der Waals surface area contributed by atoms with Crippen molar-refractivity contribution >= 4 is 11.6 Å². The van der Waals surface area contributed by atoms with Crippen LogP contribution in [0.4, 0.5) is 10.1 Å². The number of anilines is 1. The van der Waals surface area contributed by atoms with Crippen LogP contribution < -0.4 is 10.1 Å². The fourth-order valence-corrected chi connectivity index (χ4v) is 2.07. The summed E-state index contributed by atoms with van der Waals surface area (Å²) in [6.07, 6.45) is -0.0500. The van der Waals surface area contributed by atoms with Gasteiger partial charge < -0.3 is 10.1 Å². The smallest absolute Gasteiger partial charge is 0.265 e. The molecular weight excluding hydrogens is 281 g/mol. The van der Waals surface area contributed by atoms with E-state index in [-0.39, 0.29) is 11.7 Å². The zero-order chi connectivity index (χ0) is 16.1. The van der Waals surface area contributed by atoms with E-state index in [1.54, 1.807) is 0 Å². The highest BCUT2D eigenvalue weighted by Crippen LogP contribution is 2.22. The maximum absolute atomic E-state index is 12.9. The molecule has 1 atom stereocenters. The number of benzene rings is 2. The molecule has 0 aliphatic rings. The summed E-state index contributed by atoms with van der Waals surface area (Å²) in [6, 6.07) is 11.6. The first-order chi connectivity index (χ1) is 10.5. The fourth-order valence-electron chi connectivity index (χ4n) is 2.07. The molecule has 3 nitrogen and oxygen atoms in total. The third-order valence-corrected chi connectivity index (χ3v) is 3.39. The molecule has 2 aromatic rings. The minimum atomic E-state index is -0.592. The average Bonchev–Trinajstić information content (AvgIpc) is 2.50. The van der Waals surface area contributed by atoms with Crippen LogP contribution in [0.25, 0.3) is 0 Å². The van der Waals surface area contributed by atoms with Gasteiger partial charge >= 0.3 is 0 Å². The van der Waals surface area contributed by atoms with Gasteiger partial charge in [0.1, 0.15) is 11.6 Å². The van der Waals surface area contributed by atoms with Crippen molar-refractivity contribution in [1.82, 2.24) is 0 Å². The highest BCUT2D eigenvalue weighted by molar-refractivity contribution is 5.94. The number of carbonyl (C=O) groups excluding carboxylic acids is 1. The van der Waals surface area contributed by atoms with Gasteiger partial charge in [-0.2, -0.15) is 0 Å². The van der Waals surface area contributed by atoms with Crippen LogP contribution in [0.15, 0.2) is 42.5 Å². The lowest BCUT2D eigenvalue weighted by atomic mass is 10.1. The fraction of sp³-hybridized carbons (Fsp3) is 0.278. The minimum Gasteiger partial charge on any atom is -0.480 e. The Hall–Kier alpha value is -2.36. The zero-order valence-electron chi connectivity index (χ0n) is 13.0. The molecule has 0 fully saturated rings. The molecule has 22 heavy (non-hydrogen) atoms. The molecule has 0 unspecified atom stereocenters. The molecule has 4 heteroatoms. The number of amides is 1. The number of hydrogen-bond acceptors (Lipinski definition) is 2. The SMILES string of the molecule is CC[C@@H](Oc1cc(C)ccc1C)C(=O)Nc1ccc(F)cc1. The topological polar surface area (TPSA) is 38.3 Å². The average molecular weight is 301 g/mol. The molecular formula is C18H20FNO2. The van der Waals surface area contributed by atoms with Gasteiger partial charge in [0.2, 0.25) is 0 Å². The van der Waals surface area contributed by atoms with Crippen molar-refractivity contribution in [2.24, 2.45) is 0 Å². The number of ether oxygens (including phenoxy) is 1. The van der Waals surface area contributed by atoms with Gasteiger partial charge in [0.05, 0.1) is 0 Å². The van der Waals surface area contributed by atoms with Gasteiger partial charge in [-0.15, -0.1) is 0 Å². The molecule has 0 aliphatic carbocycles. The molecule has 0 radical (unpaired) electrons. The summed E-state index contributed by atoms with van der Waals surface area (Å²) >= 11 is 0. The van der Waals surface area contributed by atoms with Crippen molar-refractivity contribution < 1.29 is 13.9 Å². The van der Waals surface area contributed by atoms with Crippen molar-refractivity contribution in [3.8, 4) is 5.75 Å². The van der Waals surface area contributed by atoms with Crippen molar-refractivity contribution in [2.45, 2.75) is 33.3 Å². The number of carbonyl (C=O) groups is 1. The molecule has 0 spiro atoms. The molecule has 0 saturated heterocycles. The molecule has 1 N–H and O–H groups in total. The predicted molar refractivity (Wildman–Crippen MR) is 85.7 cm³/mol. The highest BCUT2D eigenvalue weighted by atomic mass is 19.1. The Morgan fingerprint density at radius 2 is 1.86 bits per heavy atom. The summed E-state index contributed by atoms with van der Waals surface area (Å²) in [7, 11) is 0. The molecule has 0 saturated carbocycles. The second-order valence-electron chi connectivity index (χ2n) is 5.28. The number of nitrogens with one attached hydrogen (secondary N) is 1. The first-order valence-electron chi connectivity index (χ1n) is 7.30. The third-order valence-electron chi connectivity index (χ3n) is 3.39. The molecule has 2 rings (SSSR count). The first-order valence-corrected chi connectivity index (χ1v) is 7.30. The van der Waals surface area contributed by atoms with E-state index in [2.05, 4.69) is 5.32 Å². The number of aryl methyl sites for hydroxylation is 2. The predicted octanol–water partition coefficient (Wildman–Crippen LogP) is 4.24. The van der Waals surface area contributed by atoms with Gasteiger partial charge in [-0.25, -0.2) is 4.39 Å². The van der Waals surface area contributed by atoms with E-state index in [1.807, 2.05) is 39.0 Å². The van der Waals surface area contributed by atoms with Crippen LogP contribution >= 0.6 is 0 Å². The van der Waals surface area contributed by atoms with Gasteiger partial charge in [0.15, 0.2) is 6.10 Å². The van der Waals surface area contributed by atoms with Crippen LogP contribution in [0.1, 0.15) is 24.5 Å². The summed E-state index contributed by atoms with van der Waals surface area (Å²) in [5.41, 5.74) is 2.61. The highest BCUT2D eigenvalue weighted by Gasteiger charge is 2.19. The second-order valence-corrected chi connectivity index (χ2v) is 5.28. The number of rotatable bonds is 5. The second kappa shape index (κ2) is 7.07. The van der Waals surface area contributed by atoms with E-state index in [0.29, 0.717) is 17.9 Å². The van der Waals surface area contributed by atoms with Crippen molar-refractivity contribution in [2.75, 3.05) is 5.32 Å². The van der Waals surface area contributed by atoms with E-state index in [9.17, 15) is 9.18 Å². The Kier molecular flexibility index (Phi) is 5.15. The Bertz CT molecular complexity index is 653. The monoisotopic (exact) mass is 301 g/mol. The summed E-state index contributed by atoms with van der Waals surface area (Å²) < 4.78 is 18.7. The Labute approximate surface area is 130 Å². The minimum absolute atomic E-state index is 0.241. The molecule has 116 valence electrons. The van der Waals surface area contributed by atoms with Gasteiger partial charge in [-0.05, 0) is 61.7 Å². The van der Waals surface area contributed by atoms with Crippen LogP contribution in [0, 0.1) is 19.7 Å². The Balaban J connectivity index is 2.08. The maximum atomic E-state index is 12.9. The summed E-state index contributed by atoms with van der Waals surface area (Å²) in [6.45, 7) is 5.81. The quantitative estimate of drug-likeness (QED) is 0.897. The molecule has 0 aliphatic heterocycles. The van der Waals surface area contributed by atoms with Crippen LogP contribution in [0.2, 0.25) is 0 Å². The Morgan fingerprint density at radius 1 is 1.18 bits per heavy atom. The van der Waals surface area contributed by atoms with Gasteiger partial charge in [-0.1, -0.05) is 19.1 Å². The van der Waals surface area contributed by atoms with E-state index in [0.717, 1.165) is 11.1 Å². The first kappa shape index (κ1) is 16.0. The largest absolute Gasteiger partial charge is 0.480 e. The number of halogens is 1. The van der Waals surface area contributed by atoms with E-state index < -0.39 is 6.10 Å². The molecule has 0 bridgehead atoms. The third kappa shape index (κ3) is 4.07. The van der Waals surface area contributed by atoms with Gasteiger partial charge in [-0.3, -0.25) is 4.79 Å². The maximum Gasteiger partial charge on any atom is 0.265 e. The van der Waals surface area contributed by atoms with Crippen LogP contribution in [0.3, 0.4) is 0 Å². The van der Waals surface area contributed by atoms with Crippen LogP contribution in [-0.2, 0) is 4.79 Å². The van der Waals surface area contributed by atoms with Gasteiger partial charge in [0, 0.05) is 5.69 Å². The van der Waals surface area contributed by atoms with E-state index in [4.69, 9.17) is 4.74 Å². The molecule has 0 heterocycles. The standard InChI is InChI=1S/C18H20FNO2/c1-4-16(22-17-11-12(2)5-6-13(17)3)18(21)20-15-9-7-14(19)8-10-15/h5-11,16H,4H2,1-3H3,(H,20,21)/t16-/m1/s1. The summed E-state index contributed by atoms with van der Waals surface area (Å²) in [5.74, 6) is 0.132. The van der Waals surface area contributed by atoms with Crippen molar-refractivity contribution in [1.29, 1.82) is 0 Å². The Morgan fingerprint density at radius 3 is 2.50 bits per heavy atom. The number of hydrogen-bond donors (Lipinski definition) is 1. The van der Waals surface area contributed by atoms with E-state index in [1.165, 1.54) is 24.3 Å². The lowest BCUT2D eigenvalue weighted by Gasteiger charge is -2.19. The lowest BCUT2D eigenvalue weighted by molar-refractivity contribution is -0.122. The van der Waals surface area contributed by atoms with Crippen LogP contribution in [0.5, 0.6) is 5.75 Å². The summed E-state index contributed by atoms with van der Waals surface area (Å²) in [4.78, 5) is 12.3. The molecule has 1 amide bonds. The van der Waals surface area contributed by atoms with E-state index >= 15 is 0 Å². The summed E-state index contributed by atoms with van der Waals surface area (Å²) in [5, 5.41) is 2.74. The van der Waals surface area contributed by atoms with Crippen molar-refractivity contribution in [3.63, 3.8) is 0 Å². The normalized spacial score (nSPS) is 11.8. The molecule has 0 aromatic heterocycles. The van der Waals surface area contributed by atoms with Crippen LogP contribution in [-0.4, -0.2) is 12.0 Å². The molecule has 2 aromatic carbocycles. The lowest BCUT2D eigenvalue weighted by Crippen LogP contribution is -2.32.